The third-order valence-corrected chi connectivity index (χ3v) is 4.47. The van der Waals surface area contributed by atoms with Crippen molar-refractivity contribution in [2.75, 3.05) is 5.32 Å². The fourth-order valence-corrected chi connectivity index (χ4v) is 3.00. The Labute approximate surface area is 166 Å². The highest BCUT2D eigenvalue weighted by molar-refractivity contribution is 5.94. The van der Waals surface area contributed by atoms with Crippen LogP contribution in [0.15, 0.2) is 73.1 Å². The topological polar surface area (TPSA) is 93.0 Å². The van der Waals surface area contributed by atoms with Gasteiger partial charge in [-0.3, -0.25) is 4.79 Å². The third kappa shape index (κ3) is 4.25. The van der Waals surface area contributed by atoms with Crippen molar-refractivity contribution in [3.05, 3.63) is 84.4 Å². The van der Waals surface area contributed by atoms with E-state index in [2.05, 4.69) is 15.3 Å². The van der Waals surface area contributed by atoms with E-state index in [0.29, 0.717) is 22.6 Å². The van der Waals surface area contributed by atoms with Crippen molar-refractivity contribution < 1.29 is 13.9 Å². The van der Waals surface area contributed by atoms with E-state index in [1.54, 1.807) is 36.7 Å². The Kier molecular flexibility index (Phi) is 5.22. The highest BCUT2D eigenvalue weighted by atomic mass is 19.1. The molecule has 2 aromatic carbocycles. The Bertz CT molecular complexity index is 1140. The number of H-pyrrole nitrogens is 1. The SMILES string of the molecule is N[C@@H](Cc1ccc(Oc2ccnc3[nH]ccc23)c(F)c1)C(=O)Nc1ccccc1. The molecule has 4 rings (SSSR count). The maximum atomic E-state index is 14.6. The number of nitrogens with zero attached hydrogens (tertiary/aromatic N) is 1. The average Bonchev–Trinajstić information content (AvgIpc) is 3.20. The van der Waals surface area contributed by atoms with Crippen LogP contribution >= 0.6 is 0 Å². The Hall–Kier alpha value is -3.71. The van der Waals surface area contributed by atoms with Crippen LogP contribution < -0.4 is 15.8 Å². The Morgan fingerprint density at radius 1 is 1.14 bits per heavy atom. The molecule has 0 spiro atoms. The number of para-hydroxylation sites is 1. The summed E-state index contributed by atoms with van der Waals surface area (Å²) in [6.07, 6.45) is 3.53. The average molecular weight is 390 g/mol. The van der Waals surface area contributed by atoms with Crippen LogP contribution in [0.2, 0.25) is 0 Å². The number of carbonyl (C=O) groups excluding carboxylic acids is 1. The molecule has 4 aromatic rings. The monoisotopic (exact) mass is 390 g/mol. The minimum absolute atomic E-state index is 0.0877. The first-order chi connectivity index (χ1) is 14.1. The predicted molar refractivity (Wildman–Crippen MR) is 109 cm³/mol. The van der Waals surface area contributed by atoms with Crippen molar-refractivity contribution in [1.82, 2.24) is 9.97 Å². The zero-order valence-corrected chi connectivity index (χ0v) is 15.4. The van der Waals surface area contributed by atoms with Crippen LogP contribution in [0.1, 0.15) is 5.56 Å². The van der Waals surface area contributed by atoms with Crippen molar-refractivity contribution in [1.29, 1.82) is 0 Å². The number of fused-ring (bicyclic) bond motifs is 1. The number of aromatic nitrogens is 2. The Morgan fingerprint density at radius 2 is 1.97 bits per heavy atom. The summed E-state index contributed by atoms with van der Waals surface area (Å²) in [6, 6.07) is 16.3. The van der Waals surface area contributed by atoms with Gasteiger partial charge in [0.2, 0.25) is 5.91 Å². The van der Waals surface area contributed by atoms with Crippen LogP contribution in [0.5, 0.6) is 11.5 Å². The van der Waals surface area contributed by atoms with Gasteiger partial charge in [-0.1, -0.05) is 24.3 Å². The van der Waals surface area contributed by atoms with E-state index in [1.807, 2.05) is 24.3 Å². The number of carbonyl (C=O) groups is 1. The number of hydrogen-bond acceptors (Lipinski definition) is 4. The lowest BCUT2D eigenvalue weighted by Crippen LogP contribution is -2.37. The van der Waals surface area contributed by atoms with Crippen molar-refractivity contribution in [3.63, 3.8) is 0 Å². The van der Waals surface area contributed by atoms with Gasteiger partial charge in [0, 0.05) is 18.1 Å². The van der Waals surface area contributed by atoms with Crippen LogP contribution in [0, 0.1) is 5.82 Å². The van der Waals surface area contributed by atoms with Crippen LogP contribution in [-0.2, 0) is 11.2 Å². The lowest BCUT2D eigenvalue weighted by molar-refractivity contribution is -0.117. The quantitative estimate of drug-likeness (QED) is 0.464. The van der Waals surface area contributed by atoms with E-state index in [-0.39, 0.29) is 18.1 Å². The zero-order chi connectivity index (χ0) is 20.2. The summed E-state index contributed by atoms with van der Waals surface area (Å²) in [6.45, 7) is 0. The molecule has 0 bridgehead atoms. The molecule has 29 heavy (non-hydrogen) atoms. The van der Waals surface area contributed by atoms with Gasteiger partial charge in [-0.2, -0.15) is 0 Å². The molecule has 7 heteroatoms. The van der Waals surface area contributed by atoms with E-state index in [0.717, 1.165) is 5.39 Å². The van der Waals surface area contributed by atoms with Crippen molar-refractivity contribution >= 4 is 22.6 Å². The first-order valence-corrected chi connectivity index (χ1v) is 9.10. The fraction of sp³-hybridized carbons (Fsp3) is 0.0909. The van der Waals surface area contributed by atoms with Gasteiger partial charge in [-0.25, -0.2) is 9.37 Å². The first kappa shape index (κ1) is 18.6. The van der Waals surface area contributed by atoms with Gasteiger partial charge in [0.15, 0.2) is 11.6 Å². The highest BCUT2D eigenvalue weighted by Crippen LogP contribution is 2.30. The van der Waals surface area contributed by atoms with Crippen molar-refractivity contribution in [2.24, 2.45) is 5.73 Å². The highest BCUT2D eigenvalue weighted by Gasteiger charge is 2.16. The molecule has 0 saturated heterocycles. The van der Waals surface area contributed by atoms with Gasteiger partial charge in [0.25, 0.3) is 0 Å². The summed E-state index contributed by atoms with van der Waals surface area (Å²) < 4.78 is 20.3. The fourth-order valence-electron chi connectivity index (χ4n) is 3.00. The van der Waals surface area contributed by atoms with E-state index in [1.165, 1.54) is 12.1 Å². The number of benzene rings is 2. The zero-order valence-electron chi connectivity index (χ0n) is 15.4. The number of amides is 1. The second kappa shape index (κ2) is 8.12. The molecule has 0 radical (unpaired) electrons. The molecule has 0 fully saturated rings. The van der Waals surface area contributed by atoms with Gasteiger partial charge in [0.1, 0.15) is 11.4 Å². The number of halogens is 1. The Balaban J connectivity index is 1.44. The van der Waals surface area contributed by atoms with Gasteiger partial charge >= 0.3 is 0 Å². The number of nitrogens with two attached hydrogens (primary N) is 1. The predicted octanol–water partition coefficient (Wildman–Crippen LogP) is 4.00. The van der Waals surface area contributed by atoms with Crippen LogP contribution in [0.25, 0.3) is 11.0 Å². The van der Waals surface area contributed by atoms with Crippen LogP contribution in [0.4, 0.5) is 10.1 Å². The van der Waals surface area contributed by atoms with E-state index < -0.39 is 11.9 Å². The molecule has 146 valence electrons. The minimum atomic E-state index is -0.805. The smallest absolute Gasteiger partial charge is 0.241 e. The number of rotatable bonds is 6. The molecule has 0 aliphatic carbocycles. The molecule has 6 nitrogen and oxygen atoms in total. The van der Waals surface area contributed by atoms with Gasteiger partial charge in [0.05, 0.1) is 11.4 Å². The molecule has 0 aliphatic heterocycles. The number of ether oxygens (including phenoxy) is 1. The molecule has 1 atom stereocenters. The summed E-state index contributed by atoms with van der Waals surface area (Å²) in [7, 11) is 0. The lowest BCUT2D eigenvalue weighted by Gasteiger charge is -2.13. The number of aromatic amines is 1. The minimum Gasteiger partial charge on any atom is -0.453 e. The summed E-state index contributed by atoms with van der Waals surface area (Å²) in [5.74, 6) is -0.270. The first-order valence-electron chi connectivity index (χ1n) is 9.10. The molecule has 0 unspecified atom stereocenters. The summed E-state index contributed by atoms with van der Waals surface area (Å²) >= 11 is 0. The van der Waals surface area contributed by atoms with Gasteiger partial charge in [-0.05, 0) is 48.4 Å². The number of hydrogen-bond donors (Lipinski definition) is 3. The Morgan fingerprint density at radius 3 is 2.76 bits per heavy atom. The number of nitrogens with one attached hydrogen (secondary N) is 2. The molecule has 1 amide bonds. The molecule has 2 aromatic heterocycles. The van der Waals surface area contributed by atoms with Gasteiger partial charge in [-0.15, -0.1) is 0 Å². The normalized spacial score (nSPS) is 11.9. The number of pyridine rings is 1. The molecule has 2 heterocycles. The number of anilines is 1. The van der Waals surface area contributed by atoms with E-state index >= 15 is 0 Å². The molecule has 0 saturated carbocycles. The summed E-state index contributed by atoms with van der Waals surface area (Å²) in [4.78, 5) is 19.4. The molecular formula is C22H19FN4O2. The maximum absolute atomic E-state index is 14.6. The van der Waals surface area contributed by atoms with Crippen LogP contribution in [-0.4, -0.2) is 21.9 Å². The van der Waals surface area contributed by atoms with E-state index in [9.17, 15) is 9.18 Å². The molecule has 0 aliphatic rings. The van der Waals surface area contributed by atoms with Gasteiger partial charge < -0.3 is 20.8 Å². The third-order valence-electron chi connectivity index (χ3n) is 4.47. The summed E-state index contributed by atoms with van der Waals surface area (Å²) in [5, 5.41) is 3.50. The second-order valence-electron chi connectivity index (χ2n) is 6.58. The van der Waals surface area contributed by atoms with E-state index in [4.69, 9.17) is 10.5 Å². The van der Waals surface area contributed by atoms with Crippen molar-refractivity contribution in [3.8, 4) is 11.5 Å². The lowest BCUT2D eigenvalue weighted by atomic mass is 10.1. The standard InChI is InChI=1S/C22H19FN4O2/c23-17-12-14(13-18(24)22(28)27-15-4-2-1-3-5-15)6-7-20(17)29-19-9-11-26-21-16(19)8-10-25-21/h1-12,18H,13,24H2,(H,25,26)(H,27,28)/t18-/m0/s1. The second-order valence-corrected chi connectivity index (χ2v) is 6.58. The summed E-state index contributed by atoms with van der Waals surface area (Å²) in [5.41, 5.74) is 7.91. The molecule has 4 N–H and O–H groups in total. The molecular weight excluding hydrogens is 371 g/mol. The van der Waals surface area contributed by atoms with Crippen molar-refractivity contribution in [2.45, 2.75) is 12.5 Å². The maximum Gasteiger partial charge on any atom is 0.241 e. The largest absolute Gasteiger partial charge is 0.453 e. The van der Waals surface area contributed by atoms with Crippen LogP contribution in [0.3, 0.4) is 0 Å².